The minimum absolute atomic E-state index is 0.0371. The SMILES string of the molecule is CCCn1nc(C(=O)NCC(O)C(=O)OC)ccc1=O. The number of hydrogen-bond donors (Lipinski definition) is 2. The maximum atomic E-state index is 11.8. The second-order valence-corrected chi connectivity index (χ2v) is 4.03. The van der Waals surface area contributed by atoms with Gasteiger partial charge in [-0.15, -0.1) is 0 Å². The second kappa shape index (κ2) is 7.39. The third-order valence-corrected chi connectivity index (χ3v) is 2.46. The quantitative estimate of drug-likeness (QED) is 0.642. The largest absolute Gasteiger partial charge is 0.467 e. The van der Waals surface area contributed by atoms with Crippen LogP contribution in [0.15, 0.2) is 16.9 Å². The lowest BCUT2D eigenvalue weighted by atomic mass is 10.3. The number of aliphatic hydroxyl groups is 1. The zero-order valence-electron chi connectivity index (χ0n) is 11.3. The van der Waals surface area contributed by atoms with E-state index in [0.29, 0.717) is 13.0 Å². The Labute approximate surface area is 115 Å². The molecule has 1 aromatic heterocycles. The summed E-state index contributed by atoms with van der Waals surface area (Å²) < 4.78 is 5.50. The van der Waals surface area contributed by atoms with Gasteiger partial charge in [0.15, 0.2) is 6.10 Å². The van der Waals surface area contributed by atoms with Crippen LogP contribution in [0.2, 0.25) is 0 Å². The van der Waals surface area contributed by atoms with Crippen LogP contribution in [0.4, 0.5) is 0 Å². The molecule has 1 unspecified atom stereocenters. The van der Waals surface area contributed by atoms with E-state index < -0.39 is 18.0 Å². The van der Waals surface area contributed by atoms with Crippen LogP contribution in [0.3, 0.4) is 0 Å². The van der Waals surface area contributed by atoms with E-state index in [1.165, 1.54) is 16.8 Å². The number of aromatic nitrogens is 2. The number of methoxy groups -OCH3 is 1. The molecular weight excluding hydrogens is 266 g/mol. The van der Waals surface area contributed by atoms with Crippen LogP contribution in [0.5, 0.6) is 0 Å². The smallest absolute Gasteiger partial charge is 0.336 e. The number of aryl methyl sites for hydroxylation is 1. The molecule has 1 atom stereocenters. The van der Waals surface area contributed by atoms with E-state index in [1.54, 1.807) is 0 Å². The van der Waals surface area contributed by atoms with Crippen molar-refractivity contribution < 1.29 is 19.4 Å². The van der Waals surface area contributed by atoms with E-state index in [-0.39, 0.29) is 17.8 Å². The molecule has 0 spiro atoms. The second-order valence-electron chi connectivity index (χ2n) is 4.03. The lowest BCUT2D eigenvalue weighted by molar-refractivity contribution is -0.149. The first-order valence-corrected chi connectivity index (χ1v) is 6.11. The standard InChI is InChI=1S/C12H17N3O5/c1-3-6-15-10(17)5-4-8(14-15)11(18)13-7-9(16)12(19)20-2/h4-5,9,16H,3,6-7H2,1-2H3,(H,13,18). The molecule has 1 heterocycles. The molecule has 1 amide bonds. The van der Waals surface area contributed by atoms with Gasteiger partial charge in [0.2, 0.25) is 0 Å². The van der Waals surface area contributed by atoms with Crippen molar-refractivity contribution in [2.75, 3.05) is 13.7 Å². The Morgan fingerprint density at radius 2 is 2.20 bits per heavy atom. The summed E-state index contributed by atoms with van der Waals surface area (Å²) in [5, 5.41) is 15.6. The molecule has 0 aromatic carbocycles. The molecule has 0 aliphatic carbocycles. The van der Waals surface area contributed by atoms with Crippen molar-refractivity contribution in [1.82, 2.24) is 15.1 Å². The number of amides is 1. The van der Waals surface area contributed by atoms with Gasteiger partial charge in [-0.05, 0) is 12.5 Å². The van der Waals surface area contributed by atoms with Crippen molar-refractivity contribution in [2.24, 2.45) is 0 Å². The lowest BCUT2D eigenvalue weighted by Crippen LogP contribution is -2.38. The average molecular weight is 283 g/mol. The highest BCUT2D eigenvalue weighted by atomic mass is 16.5. The van der Waals surface area contributed by atoms with Gasteiger partial charge in [0.05, 0.1) is 13.7 Å². The van der Waals surface area contributed by atoms with Crippen molar-refractivity contribution in [3.05, 3.63) is 28.2 Å². The summed E-state index contributed by atoms with van der Waals surface area (Å²) in [5.74, 6) is -1.42. The summed E-state index contributed by atoms with van der Waals surface area (Å²) in [6.45, 7) is 2.00. The van der Waals surface area contributed by atoms with Crippen molar-refractivity contribution >= 4 is 11.9 Å². The Morgan fingerprint density at radius 3 is 2.80 bits per heavy atom. The summed E-state index contributed by atoms with van der Waals surface area (Å²) in [6.07, 6.45) is -0.732. The number of nitrogens with zero attached hydrogens (tertiary/aromatic N) is 2. The van der Waals surface area contributed by atoms with Gasteiger partial charge in [-0.2, -0.15) is 5.10 Å². The molecule has 0 radical (unpaired) electrons. The van der Waals surface area contributed by atoms with Crippen molar-refractivity contribution in [3.63, 3.8) is 0 Å². The molecule has 0 bridgehead atoms. The number of hydrogen-bond acceptors (Lipinski definition) is 6. The Morgan fingerprint density at radius 1 is 1.50 bits per heavy atom. The first-order valence-electron chi connectivity index (χ1n) is 6.11. The van der Waals surface area contributed by atoms with Crippen molar-refractivity contribution in [1.29, 1.82) is 0 Å². The van der Waals surface area contributed by atoms with Gasteiger partial charge in [0, 0.05) is 12.6 Å². The molecule has 0 fully saturated rings. The molecule has 8 nitrogen and oxygen atoms in total. The fraction of sp³-hybridized carbons (Fsp3) is 0.500. The van der Waals surface area contributed by atoms with Gasteiger partial charge >= 0.3 is 5.97 Å². The van der Waals surface area contributed by atoms with E-state index in [4.69, 9.17) is 0 Å². The molecule has 1 aromatic rings. The first kappa shape index (κ1) is 15.8. The first-order chi connectivity index (χ1) is 9.49. The molecular formula is C12H17N3O5. The summed E-state index contributed by atoms with van der Waals surface area (Å²) in [4.78, 5) is 34.2. The van der Waals surface area contributed by atoms with Gasteiger partial charge in [0.25, 0.3) is 11.5 Å². The van der Waals surface area contributed by atoms with Crippen LogP contribution >= 0.6 is 0 Å². The normalized spacial score (nSPS) is 11.8. The number of ether oxygens (including phenoxy) is 1. The predicted molar refractivity (Wildman–Crippen MR) is 69.1 cm³/mol. The maximum Gasteiger partial charge on any atom is 0.336 e. The lowest BCUT2D eigenvalue weighted by Gasteiger charge is -2.10. The Kier molecular flexibility index (Phi) is 5.85. The fourth-order valence-electron chi connectivity index (χ4n) is 1.44. The van der Waals surface area contributed by atoms with Crippen LogP contribution in [0.1, 0.15) is 23.8 Å². The van der Waals surface area contributed by atoms with E-state index in [2.05, 4.69) is 15.2 Å². The van der Waals surface area contributed by atoms with E-state index in [9.17, 15) is 19.5 Å². The molecule has 0 aliphatic heterocycles. The highest BCUT2D eigenvalue weighted by molar-refractivity contribution is 5.92. The number of aliphatic hydroxyl groups excluding tert-OH is 1. The average Bonchev–Trinajstić information content (AvgIpc) is 2.45. The molecule has 0 aliphatic rings. The minimum Gasteiger partial charge on any atom is -0.467 e. The van der Waals surface area contributed by atoms with Gasteiger partial charge in [-0.1, -0.05) is 6.92 Å². The van der Waals surface area contributed by atoms with Crippen LogP contribution in [0.25, 0.3) is 0 Å². The van der Waals surface area contributed by atoms with Gasteiger partial charge in [-0.25, -0.2) is 9.48 Å². The molecule has 110 valence electrons. The van der Waals surface area contributed by atoms with E-state index in [1.807, 2.05) is 6.92 Å². The highest BCUT2D eigenvalue weighted by Crippen LogP contribution is 1.93. The topological polar surface area (TPSA) is 111 Å². The number of esters is 1. The highest BCUT2D eigenvalue weighted by Gasteiger charge is 2.17. The molecule has 2 N–H and O–H groups in total. The molecule has 0 saturated carbocycles. The monoisotopic (exact) mass is 283 g/mol. The number of carbonyl (C=O) groups is 2. The number of carbonyl (C=O) groups excluding carboxylic acids is 2. The Hall–Kier alpha value is -2.22. The number of nitrogens with one attached hydrogen (secondary N) is 1. The Bertz CT molecular complexity index is 540. The summed E-state index contributed by atoms with van der Waals surface area (Å²) >= 11 is 0. The summed E-state index contributed by atoms with van der Waals surface area (Å²) in [6, 6.07) is 2.53. The van der Waals surface area contributed by atoms with Crippen LogP contribution in [-0.2, 0) is 16.1 Å². The van der Waals surface area contributed by atoms with E-state index >= 15 is 0 Å². The van der Waals surface area contributed by atoms with Gasteiger partial charge in [-0.3, -0.25) is 9.59 Å². The minimum atomic E-state index is -1.44. The van der Waals surface area contributed by atoms with E-state index in [0.717, 1.165) is 7.11 Å². The molecule has 0 saturated heterocycles. The zero-order chi connectivity index (χ0) is 15.1. The summed E-state index contributed by atoms with van der Waals surface area (Å²) in [7, 11) is 1.13. The predicted octanol–water partition coefficient (Wildman–Crippen LogP) is -1.08. The third-order valence-electron chi connectivity index (χ3n) is 2.46. The summed E-state index contributed by atoms with van der Waals surface area (Å²) in [5.41, 5.74) is -0.256. The van der Waals surface area contributed by atoms with Gasteiger partial charge < -0.3 is 15.2 Å². The maximum absolute atomic E-state index is 11.8. The fourth-order valence-corrected chi connectivity index (χ4v) is 1.44. The zero-order valence-corrected chi connectivity index (χ0v) is 11.3. The Balaban J connectivity index is 2.70. The van der Waals surface area contributed by atoms with Gasteiger partial charge in [0.1, 0.15) is 5.69 Å². The molecule has 20 heavy (non-hydrogen) atoms. The van der Waals surface area contributed by atoms with Crippen LogP contribution < -0.4 is 10.9 Å². The van der Waals surface area contributed by atoms with Crippen molar-refractivity contribution in [3.8, 4) is 0 Å². The van der Waals surface area contributed by atoms with Crippen molar-refractivity contribution in [2.45, 2.75) is 26.0 Å². The van der Waals surface area contributed by atoms with Crippen LogP contribution in [0, 0.1) is 0 Å². The third kappa shape index (κ3) is 4.16. The molecule has 8 heteroatoms. The number of rotatable bonds is 6. The van der Waals surface area contributed by atoms with Crippen LogP contribution in [-0.4, -0.2) is 46.5 Å². The molecule has 1 rings (SSSR count).